The lowest BCUT2D eigenvalue weighted by Gasteiger charge is -2.29. The Morgan fingerprint density at radius 3 is 2.44 bits per heavy atom. The van der Waals surface area contributed by atoms with E-state index in [2.05, 4.69) is 4.98 Å². The average Bonchev–Trinajstić information content (AvgIpc) is 2.84. The summed E-state index contributed by atoms with van der Waals surface area (Å²) < 4.78 is 5.20. The molecule has 3 aromatic carbocycles. The fraction of sp³-hybridized carbons (Fsp3) is 0.0741. The molecule has 0 saturated heterocycles. The summed E-state index contributed by atoms with van der Waals surface area (Å²) in [6, 6.07) is 24.3. The molecule has 0 atom stereocenters. The van der Waals surface area contributed by atoms with Gasteiger partial charge in [0.25, 0.3) is 11.8 Å². The second-order valence-corrected chi connectivity index (χ2v) is 7.60. The summed E-state index contributed by atoms with van der Waals surface area (Å²) in [5.74, 6) is 0.124. The van der Waals surface area contributed by atoms with Crippen molar-refractivity contribution >= 4 is 34.4 Å². The highest BCUT2D eigenvalue weighted by Gasteiger charge is 2.34. The predicted octanol–water partition coefficient (Wildman–Crippen LogP) is 4.97. The van der Waals surface area contributed by atoms with Gasteiger partial charge in [0.05, 0.1) is 19.2 Å². The topological polar surface area (TPSA) is 59.5 Å². The van der Waals surface area contributed by atoms with Gasteiger partial charge >= 0.3 is 0 Å². The van der Waals surface area contributed by atoms with E-state index >= 15 is 0 Å². The number of hydrogen-bond acceptors (Lipinski definition) is 4. The first-order chi connectivity index (χ1) is 15.6. The van der Waals surface area contributed by atoms with E-state index in [4.69, 9.17) is 4.74 Å². The van der Waals surface area contributed by atoms with Crippen LogP contribution in [0.3, 0.4) is 0 Å². The first-order valence-corrected chi connectivity index (χ1v) is 10.3. The Hall–Kier alpha value is -4.25. The number of rotatable bonds is 4. The summed E-state index contributed by atoms with van der Waals surface area (Å²) >= 11 is 0. The van der Waals surface area contributed by atoms with Gasteiger partial charge in [0, 0.05) is 22.7 Å². The van der Waals surface area contributed by atoms with Crippen LogP contribution in [-0.2, 0) is 11.3 Å². The molecule has 5 heteroatoms. The third-order valence-electron chi connectivity index (χ3n) is 5.61. The van der Waals surface area contributed by atoms with Crippen LogP contribution in [0.25, 0.3) is 22.6 Å². The van der Waals surface area contributed by atoms with Crippen molar-refractivity contribution in [2.24, 2.45) is 0 Å². The number of carbonyl (C=O) groups excluding carboxylic acids is 2. The molecule has 0 spiro atoms. The van der Waals surface area contributed by atoms with E-state index in [0.29, 0.717) is 16.7 Å². The van der Waals surface area contributed by atoms with Crippen LogP contribution in [0.5, 0.6) is 5.75 Å². The Balaban J connectivity index is 1.57. The van der Waals surface area contributed by atoms with Crippen LogP contribution in [0.1, 0.15) is 27.0 Å². The zero-order valence-corrected chi connectivity index (χ0v) is 17.5. The van der Waals surface area contributed by atoms with Crippen molar-refractivity contribution in [3.63, 3.8) is 0 Å². The lowest BCUT2D eigenvalue weighted by Crippen LogP contribution is -2.41. The van der Waals surface area contributed by atoms with E-state index in [0.717, 1.165) is 27.8 Å². The Morgan fingerprint density at radius 2 is 1.66 bits per heavy atom. The quantitative estimate of drug-likeness (QED) is 0.346. The Labute approximate surface area is 185 Å². The minimum absolute atomic E-state index is 0.189. The standard InChI is InChI=1S/C27H20N2O3/c1-32-21-11-8-18(9-12-21)17-29-26(30)23-7-3-2-6-22(23)24(27(29)31)16-19-10-13-25-20(15-19)5-4-14-28-25/h2-16H,17H2,1H3/b24-16+. The van der Waals surface area contributed by atoms with Crippen LogP contribution in [0.2, 0.25) is 0 Å². The number of methoxy groups -OCH3 is 1. The Morgan fingerprint density at radius 1 is 0.875 bits per heavy atom. The first-order valence-electron chi connectivity index (χ1n) is 10.3. The smallest absolute Gasteiger partial charge is 0.261 e. The van der Waals surface area contributed by atoms with Crippen molar-refractivity contribution in [2.75, 3.05) is 7.11 Å². The van der Waals surface area contributed by atoms with Gasteiger partial charge in [0.2, 0.25) is 0 Å². The maximum atomic E-state index is 13.5. The van der Waals surface area contributed by atoms with Gasteiger partial charge in [-0.2, -0.15) is 0 Å². The maximum Gasteiger partial charge on any atom is 0.261 e. The molecule has 4 aromatic rings. The number of amides is 2. The third-order valence-corrected chi connectivity index (χ3v) is 5.61. The number of ether oxygens (including phenoxy) is 1. The van der Waals surface area contributed by atoms with Gasteiger partial charge < -0.3 is 4.74 Å². The molecule has 0 unspecified atom stereocenters. The summed E-state index contributed by atoms with van der Waals surface area (Å²) in [4.78, 5) is 32.3. The number of benzene rings is 3. The number of aromatic nitrogens is 1. The first kappa shape index (κ1) is 19.7. The van der Waals surface area contributed by atoms with Crippen molar-refractivity contribution in [2.45, 2.75) is 6.54 Å². The van der Waals surface area contributed by atoms with Crippen LogP contribution >= 0.6 is 0 Å². The van der Waals surface area contributed by atoms with Gasteiger partial charge in [-0.1, -0.05) is 42.5 Å². The molecule has 156 valence electrons. The zero-order chi connectivity index (χ0) is 22.1. The summed E-state index contributed by atoms with van der Waals surface area (Å²) in [6.45, 7) is 0.189. The van der Waals surface area contributed by atoms with Crippen molar-refractivity contribution in [1.29, 1.82) is 0 Å². The van der Waals surface area contributed by atoms with Gasteiger partial charge in [-0.3, -0.25) is 19.5 Å². The molecule has 0 aliphatic carbocycles. The molecule has 32 heavy (non-hydrogen) atoms. The number of nitrogens with zero attached hydrogens (tertiary/aromatic N) is 2. The number of carbonyl (C=O) groups is 2. The Kier molecular flexibility index (Phi) is 5.00. The highest BCUT2D eigenvalue weighted by atomic mass is 16.5. The molecular weight excluding hydrogens is 400 g/mol. The highest BCUT2D eigenvalue weighted by Crippen LogP contribution is 2.32. The molecule has 0 saturated carbocycles. The Bertz CT molecular complexity index is 1370. The second kappa shape index (κ2) is 8.12. The lowest BCUT2D eigenvalue weighted by atomic mass is 9.91. The normalized spacial score (nSPS) is 14.7. The van der Waals surface area contributed by atoms with Crippen LogP contribution in [0.4, 0.5) is 0 Å². The monoisotopic (exact) mass is 420 g/mol. The number of imide groups is 1. The molecular formula is C27H20N2O3. The summed E-state index contributed by atoms with van der Waals surface area (Å²) in [6.07, 6.45) is 3.60. The van der Waals surface area contributed by atoms with E-state index in [1.807, 2.05) is 78.9 Å². The predicted molar refractivity (Wildman–Crippen MR) is 124 cm³/mol. The van der Waals surface area contributed by atoms with E-state index in [1.54, 1.807) is 19.4 Å². The van der Waals surface area contributed by atoms with Crippen LogP contribution in [0.15, 0.2) is 85.1 Å². The average molecular weight is 420 g/mol. The van der Waals surface area contributed by atoms with Gasteiger partial charge in [0.15, 0.2) is 0 Å². The van der Waals surface area contributed by atoms with E-state index in [1.165, 1.54) is 4.90 Å². The fourth-order valence-corrected chi connectivity index (χ4v) is 3.95. The van der Waals surface area contributed by atoms with E-state index in [-0.39, 0.29) is 18.4 Å². The zero-order valence-electron chi connectivity index (χ0n) is 17.5. The summed E-state index contributed by atoms with van der Waals surface area (Å²) in [7, 11) is 1.60. The van der Waals surface area contributed by atoms with Crippen molar-refractivity contribution in [3.05, 3.63) is 107 Å². The van der Waals surface area contributed by atoms with Gasteiger partial charge in [-0.25, -0.2) is 0 Å². The summed E-state index contributed by atoms with van der Waals surface area (Å²) in [5.41, 5.74) is 4.29. The summed E-state index contributed by atoms with van der Waals surface area (Å²) in [5, 5.41) is 0.990. The van der Waals surface area contributed by atoms with Crippen molar-refractivity contribution in [1.82, 2.24) is 9.88 Å². The van der Waals surface area contributed by atoms with Crippen LogP contribution < -0.4 is 4.74 Å². The van der Waals surface area contributed by atoms with Crippen molar-refractivity contribution < 1.29 is 14.3 Å². The molecule has 5 nitrogen and oxygen atoms in total. The molecule has 1 aromatic heterocycles. The number of pyridine rings is 1. The minimum atomic E-state index is -0.309. The third kappa shape index (κ3) is 3.54. The molecule has 1 aliphatic rings. The van der Waals surface area contributed by atoms with E-state index in [9.17, 15) is 9.59 Å². The molecule has 2 heterocycles. The van der Waals surface area contributed by atoms with Crippen LogP contribution in [-0.4, -0.2) is 28.8 Å². The van der Waals surface area contributed by atoms with Gasteiger partial charge in [0.1, 0.15) is 5.75 Å². The highest BCUT2D eigenvalue weighted by molar-refractivity contribution is 6.33. The largest absolute Gasteiger partial charge is 0.497 e. The molecule has 0 N–H and O–H groups in total. The molecule has 0 fully saturated rings. The minimum Gasteiger partial charge on any atom is -0.497 e. The molecule has 0 radical (unpaired) electrons. The van der Waals surface area contributed by atoms with Crippen LogP contribution in [0, 0.1) is 0 Å². The fourth-order valence-electron chi connectivity index (χ4n) is 3.95. The molecule has 0 bridgehead atoms. The molecule has 2 amide bonds. The molecule has 1 aliphatic heterocycles. The van der Waals surface area contributed by atoms with Gasteiger partial charge in [-0.15, -0.1) is 0 Å². The molecule has 5 rings (SSSR count). The number of fused-ring (bicyclic) bond motifs is 2. The second-order valence-electron chi connectivity index (χ2n) is 7.60. The lowest BCUT2D eigenvalue weighted by molar-refractivity contribution is -0.123. The SMILES string of the molecule is COc1ccc(CN2C(=O)/C(=C/c3ccc4ncccc4c3)c3ccccc3C2=O)cc1. The maximum absolute atomic E-state index is 13.5. The van der Waals surface area contributed by atoms with Crippen molar-refractivity contribution in [3.8, 4) is 5.75 Å². The van der Waals surface area contributed by atoms with E-state index < -0.39 is 0 Å². The van der Waals surface area contributed by atoms with Gasteiger partial charge in [-0.05, 0) is 59.2 Å². The number of hydrogen-bond donors (Lipinski definition) is 0.